The number of ketones is 2. The first-order valence-corrected chi connectivity index (χ1v) is 16.2. The molecule has 47 heavy (non-hydrogen) atoms. The number of nitrogens with zero attached hydrogens (tertiary/aromatic N) is 2. The van der Waals surface area contributed by atoms with Gasteiger partial charge in [0, 0.05) is 37.5 Å². The van der Waals surface area contributed by atoms with Gasteiger partial charge in [-0.05, 0) is 53.6 Å². The van der Waals surface area contributed by atoms with Crippen LogP contribution in [-0.2, 0) is 38.3 Å². The highest BCUT2D eigenvalue weighted by molar-refractivity contribution is 5.91. The van der Waals surface area contributed by atoms with Gasteiger partial charge >= 0.3 is 6.09 Å². The average Bonchev–Trinajstić information content (AvgIpc) is 3.11. The lowest BCUT2D eigenvalue weighted by atomic mass is 9.81. The molecule has 5 rings (SSSR count). The average molecular weight is 635 g/mol. The molecule has 0 aliphatic carbocycles. The number of aryl methyl sites for hydroxylation is 1. The summed E-state index contributed by atoms with van der Waals surface area (Å²) in [7, 11) is 1.30. The molecular weight excluding hydrogens is 592 g/mol. The van der Waals surface area contributed by atoms with Crippen molar-refractivity contribution < 1.29 is 23.9 Å². The van der Waals surface area contributed by atoms with Gasteiger partial charge in [-0.2, -0.15) is 10.2 Å². The minimum absolute atomic E-state index is 0.0274. The number of Topliss-reactive ketones (excluding diaryl/α,β-unsaturated/α-hetero) is 2. The molecule has 2 N–H and O–H groups in total. The number of nitrogens with one attached hydrogen (secondary N) is 2. The van der Waals surface area contributed by atoms with E-state index in [0.717, 1.165) is 35.1 Å². The summed E-state index contributed by atoms with van der Waals surface area (Å²) < 4.78 is 11.1. The van der Waals surface area contributed by atoms with Crippen molar-refractivity contribution in [2.75, 3.05) is 20.3 Å². The summed E-state index contributed by atoms with van der Waals surface area (Å²) in [5, 5.41) is 14.2. The number of amides is 1. The van der Waals surface area contributed by atoms with Gasteiger partial charge in [0.05, 0.1) is 31.9 Å². The molecule has 9 heteroatoms. The van der Waals surface area contributed by atoms with E-state index in [-0.39, 0.29) is 30.1 Å². The van der Waals surface area contributed by atoms with Crippen LogP contribution in [0.15, 0.2) is 103 Å². The van der Waals surface area contributed by atoms with Crippen LogP contribution in [0.1, 0.15) is 53.1 Å². The van der Waals surface area contributed by atoms with Gasteiger partial charge in [-0.25, -0.2) is 4.79 Å². The molecular formula is C38H42N4O5. The number of rotatable bonds is 15. The number of hydrogen-bond acceptors (Lipinski definition) is 8. The molecule has 4 aromatic rings. The van der Waals surface area contributed by atoms with Crippen LogP contribution >= 0.6 is 0 Å². The second kappa shape index (κ2) is 17.3. The molecule has 0 radical (unpaired) electrons. The van der Waals surface area contributed by atoms with Crippen molar-refractivity contribution in [3.05, 3.63) is 131 Å². The summed E-state index contributed by atoms with van der Waals surface area (Å²) in [4.78, 5) is 39.0. The summed E-state index contributed by atoms with van der Waals surface area (Å²) in [6.07, 6.45) is 4.14. The second-order valence-electron chi connectivity index (χ2n) is 11.9. The van der Waals surface area contributed by atoms with Gasteiger partial charge in [0.2, 0.25) is 0 Å². The van der Waals surface area contributed by atoms with E-state index in [1.165, 1.54) is 7.11 Å². The van der Waals surface area contributed by atoms with Crippen LogP contribution in [0.2, 0.25) is 0 Å². The first-order chi connectivity index (χ1) is 23.0. The van der Waals surface area contributed by atoms with Crippen LogP contribution in [0.4, 0.5) is 4.79 Å². The van der Waals surface area contributed by atoms with Gasteiger partial charge in [0.15, 0.2) is 5.78 Å². The molecule has 1 aliphatic heterocycles. The molecule has 244 valence electrons. The fourth-order valence-corrected chi connectivity index (χ4v) is 6.11. The largest absolute Gasteiger partial charge is 0.453 e. The summed E-state index contributed by atoms with van der Waals surface area (Å²) >= 11 is 0. The maximum atomic E-state index is 14.1. The predicted octanol–water partition coefficient (Wildman–Crippen LogP) is 5.03. The highest BCUT2D eigenvalue weighted by Gasteiger charge is 2.33. The van der Waals surface area contributed by atoms with Gasteiger partial charge in [-0.15, -0.1) is 0 Å². The maximum absolute atomic E-state index is 14.1. The van der Waals surface area contributed by atoms with Crippen LogP contribution in [0.25, 0.3) is 0 Å². The van der Waals surface area contributed by atoms with E-state index in [2.05, 4.69) is 26.9 Å². The van der Waals surface area contributed by atoms with Crippen molar-refractivity contribution in [1.82, 2.24) is 20.8 Å². The Balaban J connectivity index is 1.19. The Morgan fingerprint density at radius 3 is 2.17 bits per heavy atom. The maximum Gasteiger partial charge on any atom is 0.407 e. The number of benzene rings is 3. The predicted molar refractivity (Wildman–Crippen MR) is 179 cm³/mol. The van der Waals surface area contributed by atoms with Gasteiger partial charge < -0.3 is 20.1 Å². The third kappa shape index (κ3) is 9.88. The van der Waals surface area contributed by atoms with Crippen molar-refractivity contribution in [3.8, 4) is 0 Å². The molecule has 0 bridgehead atoms. The Kier molecular flexibility index (Phi) is 12.3. The van der Waals surface area contributed by atoms with E-state index in [4.69, 9.17) is 9.47 Å². The first kappa shape index (κ1) is 33.6. The lowest BCUT2D eigenvalue weighted by Crippen LogP contribution is -2.46. The summed E-state index contributed by atoms with van der Waals surface area (Å²) in [5.74, 6) is -0.357. The van der Waals surface area contributed by atoms with Crippen LogP contribution < -0.4 is 10.6 Å². The zero-order valence-electron chi connectivity index (χ0n) is 26.7. The molecule has 0 saturated carbocycles. The number of ether oxygens (including phenoxy) is 2. The van der Waals surface area contributed by atoms with Crippen LogP contribution in [-0.4, -0.2) is 66.3 Å². The van der Waals surface area contributed by atoms with Crippen LogP contribution in [0.5, 0.6) is 0 Å². The summed E-state index contributed by atoms with van der Waals surface area (Å²) in [6.45, 7) is 1.25. The molecule has 1 saturated heterocycles. The summed E-state index contributed by atoms with van der Waals surface area (Å²) in [5.41, 5.74) is 4.55. The van der Waals surface area contributed by atoms with E-state index < -0.39 is 18.1 Å². The van der Waals surface area contributed by atoms with Crippen molar-refractivity contribution in [2.45, 2.75) is 62.6 Å². The minimum Gasteiger partial charge on any atom is -0.453 e. The monoisotopic (exact) mass is 634 g/mol. The number of hydrogen-bond donors (Lipinski definition) is 2. The van der Waals surface area contributed by atoms with Gasteiger partial charge in [-0.1, -0.05) is 84.9 Å². The van der Waals surface area contributed by atoms with E-state index in [0.29, 0.717) is 38.1 Å². The summed E-state index contributed by atoms with van der Waals surface area (Å²) in [6, 6.07) is 30.4. The third-order valence-electron chi connectivity index (χ3n) is 8.62. The molecule has 2 heterocycles. The molecule has 0 unspecified atom stereocenters. The zero-order valence-corrected chi connectivity index (χ0v) is 26.7. The zero-order chi connectivity index (χ0) is 32.8. The lowest BCUT2D eigenvalue weighted by Gasteiger charge is -2.30. The normalized spacial score (nSPS) is 16.7. The number of methoxy groups -OCH3 is 1. The Hall–Kier alpha value is -4.73. The third-order valence-corrected chi connectivity index (χ3v) is 8.62. The van der Waals surface area contributed by atoms with Crippen molar-refractivity contribution in [2.24, 2.45) is 0 Å². The topological polar surface area (TPSA) is 120 Å². The number of morpholine rings is 1. The number of alkyl carbamates (subject to hydrolysis) is 1. The Bertz CT molecular complexity index is 1540. The molecule has 1 fully saturated rings. The van der Waals surface area contributed by atoms with Crippen molar-refractivity contribution >= 4 is 17.7 Å². The fourth-order valence-electron chi connectivity index (χ4n) is 6.11. The van der Waals surface area contributed by atoms with Crippen molar-refractivity contribution in [1.29, 1.82) is 0 Å². The van der Waals surface area contributed by atoms with Crippen molar-refractivity contribution in [3.63, 3.8) is 0 Å². The van der Waals surface area contributed by atoms with E-state index in [1.807, 2.05) is 84.9 Å². The molecule has 1 aromatic heterocycles. The van der Waals surface area contributed by atoms with Gasteiger partial charge in [-0.3, -0.25) is 9.59 Å². The standard InChI is InChI=1S/C38H42N4O5/c1-46-38(45)41-37(36(28-12-4-2-5-13-28)29-14-6-3-7-15-29)35(44)23-30-16-9-8-11-27(30)18-21-34-25-39-32(26-47-34)19-20-33(43)24-31-17-10-22-40-42-31/h2-17,22,32,34,36-37,39H,18-21,23-26H2,1H3,(H,41,45)/t32-,34-,37-/m1/s1. The Morgan fingerprint density at radius 1 is 0.872 bits per heavy atom. The second-order valence-corrected chi connectivity index (χ2v) is 11.9. The van der Waals surface area contributed by atoms with E-state index in [1.54, 1.807) is 12.3 Å². The number of carbonyl (C=O) groups is 3. The molecule has 1 amide bonds. The number of carbonyl (C=O) groups excluding carboxylic acids is 3. The lowest BCUT2D eigenvalue weighted by molar-refractivity contribution is -0.121. The molecule has 3 atom stereocenters. The Morgan fingerprint density at radius 2 is 1.55 bits per heavy atom. The van der Waals surface area contributed by atoms with Crippen LogP contribution in [0, 0.1) is 0 Å². The highest BCUT2D eigenvalue weighted by Crippen LogP contribution is 2.30. The number of aromatic nitrogens is 2. The minimum atomic E-state index is -0.837. The highest BCUT2D eigenvalue weighted by atomic mass is 16.5. The fraction of sp³-hybridized carbons (Fsp3) is 0.342. The quantitative estimate of drug-likeness (QED) is 0.187. The van der Waals surface area contributed by atoms with E-state index in [9.17, 15) is 14.4 Å². The first-order valence-electron chi connectivity index (χ1n) is 16.2. The van der Waals surface area contributed by atoms with Gasteiger partial charge in [0.1, 0.15) is 11.8 Å². The van der Waals surface area contributed by atoms with Crippen LogP contribution in [0.3, 0.4) is 0 Å². The molecule has 1 aliphatic rings. The van der Waals surface area contributed by atoms with E-state index >= 15 is 0 Å². The molecule has 9 nitrogen and oxygen atoms in total. The smallest absolute Gasteiger partial charge is 0.407 e. The SMILES string of the molecule is COC(=O)N[C@H](C(=O)Cc1ccccc1CC[C@@H]1CN[C@H](CCC(=O)Cc2cccnn2)CO1)C(c1ccccc1)c1ccccc1. The molecule has 3 aromatic carbocycles. The molecule has 0 spiro atoms. The van der Waals surface area contributed by atoms with Gasteiger partial charge in [0.25, 0.3) is 0 Å². The Labute approximate surface area is 276 Å².